The summed E-state index contributed by atoms with van der Waals surface area (Å²) in [5, 5.41) is 0.670. The van der Waals surface area contributed by atoms with Crippen molar-refractivity contribution in [1.29, 1.82) is 0 Å². The maximum atomic E-state index is 12.6. The summed E-state index contributed by atoms with van der Waals surface area (Å²) in [6.07, 6.45) is 1.49. The number of nitrogen functional groups attached to an aromatic ring is 1. The van der Waals surface area contributed by atoms with Gasteiger partial charge in [-0.15, -0.1) is 0 Å². The maximum absolute atomic E-state index is 12.6. The first-order valence-corrected chi connectivity index (χ1v) is 4.87. The number of anilines is 1. The van der Waals surface area contributed by atoms with Crippen molar-refractivity contribution in [2.75, 3.05) is 5.73 Å². The molecular weight excluding hydrogens is 303 g/mol. The van der Waals surface area contributed by atoms with Crippen LogP contribution in [0.3, 0.4) is 0 Å². The number of nitrogens with zero attached hydrogens (tertiary/aromatic N) is 2. The summed E-state index contributed by atoms with van der Waals surface area (Å²) in [6, 6.07) is 3.10. The Morgan fingerprint density at radius 2 is 2.14 bits per heavy atom. The van der Waals surface area contributed by atoms with Crippen LogP contribution >= 0.6 is 22.6 Å². The van der Waals surface area contributed by atoms with E-state index in [9.17, 15) is 8.78 Å². The molecule has 3 nitrogen and oxygen atoms in total. The lowest BCUT2D eigenvalue weighted by Gasteiger charge is -2.04. The predicted molar refractivity (Wildman–Crippen MR) is 58.1 cm³/mol. The van der Waals surface area contributed by atoms with E-state index >= 15 is 0 Å². The van der Waals surface area contributed by atoms with Crippen LogP contribution in [0.5, 0.6) is 0 Å². The first kappa shape index (κ1) is 9.63. The van der Waals surface area contributed by atoms with Crippen molar-refractivity contribution in [3.8, 4) is 0 Å². The summed E-state index contributed by atoms with van der Waals surface area (Å²) in [5.74, 6) is 0.244. The molecule has 0 spiro atoms. The Bertz CT molecular complexity index is 481. The average molecular weight is 309 g/mol. The Hall–Kier alpha value is -0.920. The van der Waals surface area contributed by atoms with Crippen LogP contribution in [0.15, 0.2) is 18.3 Å². The molecule has 0 aliphatic carbocycles. The quantitative estimate of drug-likeness (QED) is 0.823. The van der Waals surface area contributed by atoms with Crippen molar-refractivity contribution in [2.45, 2.75) is 6.55 Å². The predicted octanol–water partition coefficient (Wildman–Crippen LogP) is 2.62. The molecule has 0 aliphatic rings. The normalized spacial score (nSPS) is 11.4. The highest BCUT2D eigenvalue weighted by Crippen LogP contribution is 2.27. The Morgan fingerprint density at radius 3 is 2.79 bits per heavy atom. The molecule has 0 atom stereocenters. The number of hydrogen-bond donors (Lipinski definition) is 1. The van der Waals surface area contributed by atoms with Gasteiger partial charge >= 0.3 is 6.55 Å². The second kappa shape index (κ2) is 3.34. The van der Waals surface area contributed by atoms with Crippen LogP contribution in [0, 0.1) is 3.70 Å². The molecule has 0 bridgehead atoms. The van der Waals surface area contributed by atoms with E-state index in [1.54, 1.807) is 6.07 Å². The maximum Gasteiger partial charge on any atom is 0.319 e. The lowest BCUT2D eigenvalue weighted by molar-refractivity contribution is 0.0727. The molecule has 2 aromatic rings. The van der Waals surface area contributed by atoms with Crippen molar-refractivity contribution >= 4 is 39.3 Å². The van der Waals surface area contributed by atoms with Gasteiger partial charge in [0, 0.05) is 17.6 Å². The molecule has 6 heteroatoms. The second-order valence-corrected chi connectivity index (χ2v) is 3.89. The van der Waals surface area contributed by atoms with Crippen LogP contribution < -0.4 is 5.73 Å². The molecule has 0 amide bonds. The van der Waals surface area contributed by atoms with Gasteiger partial charge in [-0.2, -0.15) is 8.78 Å². The highest BCUT2D eigenvalue weighted by Gasteiger charge is 2.14. The fraction of sp³-hybridized carbons (Fsp3) is 0.125. The third kappa shape index (κ3) is 1.43. The lowest BCUT2D eigenvalue weighted by atomic mass is 10.3. The van der Waals surface area contributed by atoms with Crippen molar-refractivity contribution in [2.24, 2.45) is 0 Å². The Morgan fingerprint density at radius 1 is 1.43 bits per heavy atom. The third-order valence-corrected chi connectivity index (χ3v) is 2.72. The minimum atomic E-state index is -2.55. The van der Waals surface area contributed by atoms with Gasteiger partial charge in [0.05, 0.1) is 9.22 Å². The van der Waals surface area contributed by atoms with Gasteiger partial charge < -0.3 is 5.73 Å². The number of halogens is 3. The zero-order valence-electron chi connectivity index (χ0n) is 6.92. The van der Waals surface area contributed by atoms with Gasteiger partial charge in [0.1, 0.15) is 5.82 Å². The highest BCUT2D eigenvalue weighted by molar-refractivity contribution is 14.1. The van der Waals surface area contributed by atoms with Gasteiger partial charge in [0.25, 0.3) is 0 Å². The molecule has 14 heavy (non-hydrogen) atoms. The molecule has 2 rings (SSSR count). The molecule has 0 aliphatic heterocycles. The fourth-order valence-electron chi connectivity index (χ4n) is 1.30. The Labute approximate surface area is 92.0 Å². The molecule has 0 fully saturated rings. The topological polar surface area (TPSA) is 43.8 Å². The molecule has 2 heterocycles. The van der Waals surface area contributed by atoms with Gasteiger partial charge in [-0.3, -0.25) is 4.57 Å². The van der Waals surface area contributed by atoms with Gasteiger partial charge in [0.15, 0.2) is 0 Å². The van der Waals surface area contributed by atoms with Crippen LogP contribution in [-0.2, 0) is 0 Å². The molecule has 0 unspecified atom stereocenters. The van der Waals surface area contributed by atoms with E-state index in [0.29, 0.717) is 14.6 Å². The van der Waals surface area contributed by atoms with E-state index in [-0.39, 0.29) is 5.82 Å². The molecule has 2 aromatic heterocycles. The zero-order valence-corrected chi connectivity index (χ0v) is 9.07. The summed E-state index contributed by atoms with van der Waals surface area (Å²) in [7, 11) is 0. The number of hydrogen-bond acceptors (Lipinski definition) is 2. The van der Waals surface area contributed by atoms with Gasteiger partial charge in [-0.1, -0.05) is 0 Å². The fourth-order valence-corrected chi connectivity index (χ4v) is 2.11. The highest BCUT2D eigenvalue weighted by atomic mass is 127. The van der Waals surface area contributed by atoms with Gasteiger partial charge in [-0.25, -0.2) is 4.98 Å². The van der Waals surface area contributed by atoms with Crippen LogP contribution in [-0.4, -0.2) is 9.55 Å². The van der Waals surface area contributed by atoms with E-state index in [4.69, 9.17) is 5.73 Å². The van der Waals surface area contributed by atoms with Crippen molar-refractivity contribution in [3.63, 3.8) is 0 Å². The zero-order chi connectivity index (χ0) is 10.3. The van der Waals surface area contributed by atoms with Crippen LogP contribution in [0.1, 0.15) is 6.55 Å². The van der Waals surface area contributed by atoms with E-state index in [0.717, 1.165) is 4.57 Å². The number of nitrogens with two attached hydrogens (primary N) is 1. The molecule has 0 saturated carbocycles. The van der Waals surface area contributed by atoms with Crippen molar-refractivity contribution in [1.82, 2.24) is 9.55 Å². The van der Waals surface area contributed by atoms with Crippen LogP contribution in [0.2, 0.25) is 0 Å². The van der Waals surface area contributed by atoms with Crippen molar-refractivity contribution < 1.29 is 8.78 Å². The van der Waals surface area contributed by atoms with Gasteiger partial charge in [0.2, 0.25) is 0 Å². The summed E-state index contributed by atoms with van der Waals surface area (Å²) < 4.78 is 26.6. The Balaban J connectivity index is 2.79. The minimum Gasteiger partial charge on any atom is -0.384 e. The smallest absolute Gasteiger partial charge is 0.319 e. The lowest BCUT2D eigenvalue weighted by Crippen LogP contribution is -2.00. The van der Waals surface area contributed by atoms with E-state index < -0.39 is 6.55 Å². The first-order valence-electron chi connectivity index (χ1n) is 3.79. The third-order valence-electron chi connectivity index (χ3n) is 1.89. The summed E-state index contributed by atoms with van der Waals surface area (Å²) >= 11 is 1.85. The largest absolute Gasteiger partial charge is 0.384 e. The van der Waals surface area contributed by atoms with E-state index in [1.165, 1.54) is 12.3 Å². The molecule has 0 radical (unpaired) electrons. The first-order chi connectivity index (χ1) is 6.59. The average Bonchev–Trinajstić information content (AvgIpc) is 2.40. The van der Waals surface area contributed by atoms with Crippen LogP contribution in [0.25, 0.3) is 10.9 Å². The SMILES string of the molecule is Nc1cc2c(cn1)cc(I)n2C(F)F. The van der Waals surface area contributed by atoms with Crippen molar-refractivity contribution in [3.05, 3.63) is 22.0 Å². The number of rotatable bonds is 1. The molecule has 2 N–H and O–H groups in total. The summed E-state index contributed by atoms with van der Waals surface area (Å²) in [4.78, 5) is 3.84. The van der Waals surface area contributed by atoms with E-state index in [1.807, 2.05) is 22.6 Å². The summed E-state index contributed by atoms with van der Waals surface area (Å²) in [5.41, 5.74) is 5.84. The number of fused-ring (bicyclic) bond motifs is 1. The molecule has 0 aromatic carbocycles. The number of alkyl halides is 2. The summed E-state index contributed by atoms with van der Waals surface area (Å²) in [6.45, 7) is -2.55. The molecule has 0 saturated heterocycles. The van der Waals surface area contributed by atoms with Gasteiger partial charge in [-0.05, 0) is 28.7 Å². The standard InChI is InChI=1S/C8H6F2IN3/c9-8(10)14-5-2-7(12)13-3-4(5)1-6(14)11/h1-3,8H,(H2,12,13). The number of pyridine rings is 1. The van der Waals surface area contributed by atoms with E-state index in [2.05, 4.69) is 4.98 Å². The second-order valence-electron chi connectivity index (χ2n) is 2.78. The Kier molecular flexibility index (Phi) is 2.30. The monoisotopic (exact) mass is 309 g/mol. The number of aromatic nitrogens is 2. The minimum absolute atomic E-state index is 0.244. The van der Waals surface area contributed by atoms with Crippen LogP contribution in [0.4, 0.5) is 14.6 Å². The molecular formula is C8H6F2IN3. The molecule has 74 valence electrons.